The number of anilines is 1. The maximum atomic E-state index is 15.6. The number of hydrogen-bond acceptors (Lipinski definition) is 12. The van der Waals surface area contributed by atoms with E-state index in [1.165, 1.54) is 47.0 Å². The number of hydrogen-bond donors (Lipinski definition) is 3. The summed E-state index contributed by atoms with van der Waals surface area (Å²) < 4.78 is 113. The number of piperidine rings is 1. The Morgan fingerprint density at radius 1 is 0.877 bits per heavy atom. The van der Waals surface area contributed by atoms with Crippen molar-refractivity contribution in [3.05, 3.63) is 119 Å². The molecule has 2 bridgehead atoms. The molecule has 14 nitrogen and oxygen atoms in total. The number of piperazine rings is 1. The van der Waals surface area contributed by atoms with Gasteiger partial charge < -0.3 is 10.2 Å². The Labute approximate surface area is 377 Å². The fourth-order valence-corrected chi connectivity index (χ4v) is 12.0. The van der Waals surface area contributed by atoms with Gasteiger partial charge in [0, 0.05) is 84.6 Å². The van der Waals surface area contributed by atoms with Crippen LogP contribution < -0.4 is 15.4 Å². The fraction of sp³-hybridized carbons (Fsp3) is 0.364. The van der Waals surface area contributed by atoms with Crippen LogP contribution in [0.2, 0.25) is 0 Å². The molecule has 3 fully saturated rings. The standard InChI is InChI=1S/C44H44F4N6O8S3/c45-36-21-35-28(23-54(43(35)58)38-15-16-40(55)50-42(38)57)19-29(36)22-52-24-31-11-12-32(25-52)53(31)18-17-30(26-63-33-9-5-2-6-10-33)49-37-14-13-34(20-39(37)64(59,60)44(46,47)48)65(61,62)51-41(56)27-7-3-1-4-8-27/h1-10,13-14,19-21,30-32,38,49H,11-12,15-18,22-26H2,(H,51,56)(H,50,55,57)/t30-,31?,32?,38?/m1/s1. The minimum absolute atomic E-state index is 0.0422. The largest absolute Gasteiger partial charge is 0.501 e. The number of amides is 4. The van der Waals surface area contributed by atoms with Crippen LogP contribution in [0, 0.1) is 5.82 Å². The molecule has 21 heteroatoms. The van der Waals surface area contributed by atoms with Crippen molar-refractivity contribution in [2.45, 2.75) is 89.6 Å². The summed E-state index contributed by atoms with van der Waals surface area (Å²) in [7, 11) is -10.9. The average molecular weight is 957 g/mol. The Balaban J connectivity index is 0.975. The third kappa shape index (κ3) is 9.93. The number of benzene rings is 4. The van der Waals surface area contributed by atoms with Gasteiger partial charge >= 0.3 is 5.51 Å². The molecule has 4 aliphatic rings. The van der Waals surface area contributed by atoms with Crippen molar-refractivity contribution in [1.29, 1.82) is 0 Å². The summed E-state index contributed by atoms with van der Waals surface area (Å²) in [4.78, 5) is 54.6. The number of sulfonamides is 1. The summed E-state index contributed by atoms with van der Waals surface area (Å²) >= 11 is 1.41. The molecule has 3 unspecified atom stereocenters. The number of carbonyl (C=O) groups is 4. The van der Waals surface area contributed by atoms with Gasteiger partial charge in [0.1, 0.15) is 16.8 Å². The maximum Gasteiger partial charge on any atom is 0.501 e. The van der Waals surface area contributed by atoms with E-state index in [1.54, 1.807) is 16.9 Å². The van der Waals surface area contributed by atoms with E-state index in [4.69, 9.17) is 0 Å². The minimum Gasteiger partial charge on any atom is -0.380 e. The van der Waals surface area contributed by atoms with Gasteiger partial charge in [0.05, 0.1) is 10.6 Å². The van der Waals surface area contributed by atoms with Crippen LogP contribution in [-0.4, -0.2) is 110 Å². The van der Waals surface area contributed by atoms with Gasteiger partial charge in [-0.1, -0.05) is 36.4 Å². The number of sulfone groups is 1. The molecule has 0 radical (unpaired) electrons. The van der Waals surface area contributed by atoms with Crippen LogP contribution in [0.3, 0.4) is 0 Å². The number of fused-ring (bicyclic) bond motifs is 3. The van der Waals surface area contributed by atoms with Crippen molar-refractivity contribution >= 4 is 60.9 Å². The highest BCUT2D eigenvalue weighted by atomic mass is 32.2. The molecular weight excluding hydrogens is 913 g/mol. The van der Waals surface area contributed by atoms with E-state index in [-0.39, 0.29) is 49.1 Å². The number of alkyl halides is 3. The lowest BCUT2D eigenvalue weighted by Gasteiger charge is -2.41. The van der Waals surface area contributed by atoms with Crippen LogP contribution in [0.4, 0.5) is 23.2 Å². The number of rotatable bonds is 15. The average Bonchev–Trinajstić information content (AvgIpc) is 3.70. The SMILES string of the molecule is O=C1CCC(N2Cc3cc(CN4CC5CCC(C4)N5CC[C@H](CSc4ccccc4)Nc4ccc(S(=O)(=O)NC(=O)c5ccccc5)cc4S(=O)(=O)C(F)(F)F)c(F)cc3C2=O)C(=O)N1. The first-order chi connectivity index (χ1) is 30.9. The Hall–Kier alpha value is -5.35. The minimum atomic E-state index is -6.11. The molecule has 8 rings (SSSR count). The second-order valence-electron chi connectivity index (χ2n) is 16.5. The quantitative estimate of drug-likeness (QED) is 0.0795. The van der Waals surface area contributed by atoms with Crippen molar-refractivity contribution in [3.63, 3.8) is 0 Å². The summed E-state index contributed by atoms with van der Waals surface area (Å²) in [5, 5.41) is 5.27. The Morgan fingerprint density at radius 3 is 2.22 bits per heavy atom. The monoisotopic (exact) mass is 956 g/mol. The molecule has 344 valence electrons. The first-order valence-corrected chi connectivity index (χ1v) is 24.8. The predicted octanol–water partition coefficient (Wildman–Crippen LogP) is 5.31. The first kappa shape index (κ1) is 46.2. The van der Waals surface area contributed by atoms with E-state index in [0.29, 0.717) is 49.0 Å². The van der Waals surface area contributed by atoms with E-state index < -0.39 is 82.4 Å². The molecule has 4 atom stereocenters. The molecule has 4 heterocycles. The van der Waals surface area contributed by atoms with E-state index in [2.05, 4.69) is 20.4 Å². The molecule has 4 aliphatic heterocycles. The van der Waals surface area contributed by atoms with Crippen molar-refractivity contribution in [3.8, 4) is 0 Å². The molecular formula is C44H44F4N6O8S3. The van der Waals surface area contributed by atoms with Gasteiger partial charge in [-0.2, -0.15) is 13.2 Å². The maximum absolute atomic E-state index is 15.6. The molecule has 0 aromatic heterocycles. The molecule has 3 N–H and O–H groups in total. The van der Waals surface area contributed by atoms with Crippen molar-refractivity contribution < 1.29 is 53.6 Å². The highest BCUT2D eigenvalue weighted by molar-refractivity contribution is 7.99. The Kier molecular flexibility index (Phi) is 13.1. The molecule has 0 spiro atoms. The van der Waals surface area contributed by atoms with Crippen molar-refractivity contribution in [2.75, 3.05) is 30.7 Å². The highest BCUT2D eigenvalue weighted by Crippen LogP contribution is 2.38. The third-order valence-electron chi connectivity index (χ3n) is 12.2. The molecule has 4 aromatic carbocycles. The van der Waals surface area contributed by atoms with Gasteiger partial charge in [0.15, 0.2) is 0 Å². The van der Waals surface area contributed by atoms with Crippen LogP contribution in [0.5, 0.6) is 0 Å². The third-order valence-corrected chi connectivity index (χ3v) is 16.2. The zero-order chi connectivity index (χ0) is 46.3. The van der Waals surface area contributed by atoms with Gasteiger partial charge in [-0.05, 0) is 85.8 Å². The Morgan fingerprint density at radius 2 is 1.55 bits per heavy atom. The van der Waals surface area contributed by atoms with E-state index in [9.17, 15) is 49.2 Å². The van der Waals surface area contributed by atoms with Gasteiger partial charge in [-0.3, -0.25) is 34.3 Å². The van der Waals surface area contributed by atoms with Crippen molar-refractivity contribution in [2.24, 2.45) is 0 Å². The topological polar surface area (TPSA) is 182 Å². The molecule has 65 heavy (non-hydrogen) atoms. The van der Waals surface area contributed by atoms with Crippen LogP contribution >= 0.6 is 11.8 Å². The number of halogens is 4. The first-order valence-electron chi connectivity index (χ1n) is 20.8. The van der Waals surface area contributed by atoms with Gasteiger partial charge in [-0.15, -0.1) is 11.8 Å². The van der Waals surface area contributed by atoms with E-state index >= 15 is 4.39 Å². The summed E-state index contributed by atoms with van der Waals surface area (Å²) in [5.74, 6) is -2.74. The highest BCUT2D eigenvalue weighted by Gasteiger charge is 2.49. The van der Waals surface area contributed by atoms with E-state index in [0.717, 1.165) is 29.9 Å². The molecule has 3 saturated heterocycles. The number of nitrogens with one attached hydrogen (secondary N) is 3. The van der Waals surface area contributed by atoms with E-state index in [1.807, 2.05) is 30.3 Å². The Bertz CT molecular complexity index is 2720. The molecule has 4 aromatic rings. The summed E-state index contributed by atoms with van der Waals surface area (Å²) in [5.41, 5.74) is -5.10. The second kappa shape index (κ2) is 18.5. The lowest BCUT2D eigenvalue weighted by atomic mass is 10.0. The summed E-state index contributed by atoms with van der Waals surface area (Å²) in [6.07, 6.45) is 2.31. The normalized spacial score (nSPS) is 21.0. The number of likely N-dealkylation sites (tertiary alicyclic amines) is 1. The number of nitrogens with zero attached hydrogens (tertiary/aromatic N) is 3. The number of thioether (sulfide) groups is 1. The van der Waals surface area contributed by atoms with Gasteiger partial charge in [-0.25, -0.2) is 25.9 Å². The number of carbonyl (C=O) groups excluding carboxylic acids is 4. The van der Waals surface area contributed by atoms with Gasteiger partial charge in [0.2, 0.25) is 11.8 Å². The summed E-state index contributed by atoms with van der Waals surface area (Å²) in [6.45, 7) is 2.01. The summed E-state index contributed by atoms with van der Waals surface area (Å²) in [6, 6.07) is 20.3. The zero-order valence-corrected chi connectivity index (χ0v) is 37.0. The molecule has 4 amide bonds. The lowest BCUT2D eigenvalue weighted by molar-refractivity contribution is -0.136. The fourth-order valence-electron chi connectivity index (χ4n) is 8.98. The zero-order valence-electron chi connectivity index (χ0n) is 34.6. The van der Waals surface area contributed by atoms with Crippen LogP contribution in [-0.2, 0) is 42.5 Å². The molecule has 0 saturated carbocycles. The lowest BCUT2D eigenvalue weighted by Crippen LogP contribution is -2.54. The van der Waals surface area contributed by atoms with Crippen LogP contribution in [0.1, 0.15) is 63.9 Å². The predicted molar refractivity (Wildman–Crippen MR) is 231 cm³/mol. The number of imide groups is 1. The van der Waals surface area contributed by atoms with Crippen LogP contribution in [0.15, 0.2) is 106 Å². The smallest absolute Gasteiger partial charge is 0.380 e. The van der Waals surface area contributed by atoms with Crippen molar-refractivity contribution in [1.82, 2.24) is 24.7 Å². The molecule has 0 aliphatic carbocycles. The van der Waals surface area contributed by atoms with Crippen LogP contribution in [0.25, 0.3) is 0 Å². The second-order valence-corrected chi connectivity index (χ2v) is 21.2. The van der Waals surface area contributed by atoms with Gasteiger partial charge in [0.25, 0.3) is 31.7 Å².